The molecular formula is C21H25Cl2N5O2. The van der Waals surface area contributed by atoms with Crippen LogP contribution in [0.5, 0.6) is 0 Å². The summed E-state index contributed by atoms with van der Waals surface area (Å²) in [7, 11) is 0. The number of hydrogen-bond donors (Lipinski definition) is 2. The van der Waals surface area contributed by atoms with Crippen molar-refractivity contribution in [3.8, 4) is 0 Å². The van der Waals surface area contributed by atoms with Crippen LogP contribution >= 0.6 is 23.2 Å². The van der Waals surface area contributed by atoms with Crippen LogP contribution in [-0.2, 0) is 11.2 Å². The second-order valence-corrected chi connectivity index (χ2v) is 8.83. The third-order valence-corrected chi connectivity index (χ3v) is 6.67. The van der Waals surface area contributed by atoms with Gasteiger partial charge >= 0.3 is 0 Å². The Kier molecular flexibility index (Phi) is 6.16. The Balaban J connectivity index is 1.39. The fourth-order valence-corrected chi connectivity index (χ4v) is 4.66. The second-order valence-electron chi connectivity index (χ2n) is 8.02. The molecule has 1 aliphatic heterocycles. The van der Waals surface area contributed by atoms with Gasteiger partial charge in [0.25, 0.3) is 0 Å². The molecule has 0 spiro atoms. The Morgan fingerprint density at radius 1 is 1.23 bits per heavy atom. The van der Waals surface area contributed by atoms with Gasteiger partial charge in [-0.1, -0.05) is 36.2 Å². The minimum Gasteiger partial charge on any atom is -0.387 e. The Labute approximate surface area is 185 Å². The van der Waals surface area contributed by atoms with Crippen molar-refractivity contribution in [2.24, 2.45) is 5.73 Å². The molecule has 1 aromatic heterocycles. The summed E-state index contributed by atoms with van der Waals surface area (Å²) in [5.74, 6) is 1.01. The van der Waals surface area contributed by atoms with Gasteiger partial charge in [-0.25, -0.2) is 9.97 Å². The molecule has 0 bridgehead atoms. The molecule has 1 aliphatic carbocycles. The number of anilines is 1. The van der Waals surface area contributed by atoms with Crippen LogP contribution in [0.25, 0.3) is 0 Å². The van der Waals surface area contributed by atoms with Gasteiger partial charge in [0.15, 0.2) is 0 Å². The molecule has 30 heavy (non-hydrogen) atoms. The Bertz CT molecular complexity index is 949. The molecule has 2 heterocycles. The van der Waals surface area contributed by atoms with E-state index in [2.05, 4.69) is 21.8 Å². The molecule has 2 aromatic rings. The maximum atomic E-state index is 12.8. The van der Waals surface area contributed by atoms with Gasteiger partial charge in [0.05, 0.1) is 27.9 Å². The average Bonchev–Trinajstić information content (AvgIpc) is 3.04. The van der Waals surface area contributed by atoms with Crippen LogP contribution in [-0.4, -0.2) is 58.1 Å². The fourth-order valence-electron chi connectivity index (χ4n) is 4.34. The molecule has 3 N–H and O–H groups in total. The summed E-state index contributed by atoms with van der Waals surface area (Å²) in [6.45, 7) is 4.56. The van der Waals surface area contributed by atoms with E-state index < -0.39 is 12.1 Å². The molecule has 1 unspecified atom stereocenters. The molecule has 1 aromatic carbocycles. The SMILES string of the molecule is C[C@@H]1C[C@H](O)c2ncnc(N3CCN(C(=O)C(N)Cc4ccc(Cl)c(Cl)c4)CC3)c21. The summed E-state index contributed by atoms with van der Waals surface area (Å²) >= 11 is 12.0. The first-order chi connectivity index (χ1) is 14.3. The topological polar surface area (TPSA) is 95.6 Å². The van der Waals surface area contributed by atoms with Crippen LogP contribution < -0.4 is 10.6 Å². The Hall–Kier alpha value is -1.93. The van der Waals surface area contributed by atoms with Crippen molar-refractivity contribution < 1.29 is 9.90 Å². The number of aliphatic hydroxyl groups is 1. The summed E-state index contributed by atoms with van der Waals surface area (Å²) < 4.78 is 0. The van der Waals surface area contributed by atoms with Crippen molar-refractivity contribution in [3.05, 3.63) is 51.4 Å². The van der Waals surface area contributed by atoms with Gasteiger partial charge < -0.3 is 20.6 Å². The standard InChI is InChI=1S/C21H25Cl2N5O2/c1-12-8-17(29)19-18(12)20(26-11-25-19)27-4-6-28(7-5-27)21(30)16(24)10-13-2-3-14(22)15(23)9-13/h2-3,9,11-12,16-17,29H,4-8,10,24H2,1H3/t12-,16?,17+/m1/s1. The molecule has 7 nitrogen and oxygen atoms in total. The van der Waals surface area contributed by atoms with Crippen molar-refractivity contribution in [2.45, 2.75) is 37.8 Å². The van der Waals surface area contributed by atoms with Gasteiger partial charge in [0.2, 0.25) is 5.91 Å². The second kappa shape index (κ2) is 8.67. The number of nitrogens with two attached hydrogens (primary N) is 1. The van der Waals surface area contributed by atoms with Crippen molar-refractivity contribution in [1.29, 1.82) is 0 Å². The van der Waals surface area contributed by atoms with Crippen molar-refractivity contribution >= 4 is 34.9 Å². The van der Waals surface area contributed by atoms with Crippen LogP contribution in [0.4, 0.5) is 5.82 Å². The van der Waals surface area contributed by atoms with Crippen molar-refractivity contribution in [3.63, 3.8) is 0 Å². The molecule has 3 atom stereocenters. The highest BCUT2D eigenvalue weighted by Gasteiger charge is 2.34. The van der Waals surface area contributed by atoms with Crippen LogP contribution in [0.1, 0.15) is 42.2 Å². The number of carbonyl (C=O) groups is 1. The molecule has 160 valence electrons. The number of fused-ring (bicyclic) bond motifs is 1. The first-order valence-corrected chi connectivity index (χ1v) is 10.9. The van der Waals surface area contributed by atoms with Crippen LogP contribution in [0.2, 0.25) is 10.0 Å². The van der Waals surface area contributed by atoms with Crippen molar-refractivity contribution in [2.75, 3.05) is 31.1 Å². The molecule has 2 aliphatic rings. The van der Waals surface area contributed by atoms with E-state index in [1.807, 2.05) is 6.07 Å². The number of carbonyl (C=O) groups excluding carboxylic acids is 1. The highest BCUT2D eigenvalue weighted by Crippen LogP contribution is 2.42. The molecule has 1 amide bonds. The predicted molar refractivity (Wildman–Crippen MR) is 117 cm³/mol. The zero-order valence-corrected chi connectivity index (χ0v) is 18.3. The van der Waals surface area contributed by atoms with Crippen LogP contribution in [0.3, 0.4) is 0 Å². The monoisotopic (exact) mass is 449 g/mol. The van der Waals surface area contributed by atoms with E-state index in [0.717, 1.165) is 22.6 Å². The first-order valence-electron chi connectivity index (χ1n) is 10.1. The molecule has 9 heteroatoms. The molecule has 4 rings (SSSR count). The lowest BCUT2D eigenvalue weighted by atomic mass is 10.0. The van der Waals surface area contributed by atoms with Crippen LogP contribution in [0.15, 0.2) is 24.5 Å². The van der Waals surface area contributed by atoms with E-state index in [1.54, 1.807) is 17.0 Å². The van der Waals surface area contributed by atoms with E-state index in [4.69, 9.17) is 28.9 Å². The lowest BCUT2D eigenvalue weighted by molar-refractivity contribution is -0.132. The highest BCUT2D eigenvalue weighted by molar-refractivity contribution is 6.42. The maximum Gasteiger partial charge on any atom is 0.239 e. The minimum absolute atomic E-state index is 0.0718. The molecule has 0 saturated carbocycles. The fraction of sp³-hybridized carbons (Fsp3) is 0.476. The molecular weight excluding hydrogens is 425 g/mol. The van der Waals surface area contributed by atoms with E-state index in [9.17, 15) is 9.90 Å². The molecule has 1 fully saturated rings. The van der Waals surface area contributed by atoms with E-state index >= 15 is 0 Å². The smallest absolute Gasteiger partial charge is 0.239 e. The van der Waals surface area contributed by atoms with Gasteiger partial charge in [0.1, 0.15) is 12.1 Å². The number of nitrogens with zero attached hydrogens (tertiary/aromatic N) is 4. The number of halogens is 2. The van der Waals surface area contributed by atoms with E-state index in [1.165, 1.54) is 6.33 Å². The zero-order chi connectivity index (χ0) is 21.4. The summed E-state index contributed by atoms with van der Waals surface area (Å²) in [6.07, 6.45) is 2.06. The van der Waals surface area contributed by atoms with Crippen molar-refractivity contribution in [1.82, 2.24) is 14.9 Å². The van der Waals surface area contributed by atoms with Gasteiger partial charge in [-0.3, -0.25) is 4.79 Å². The summed E-state index contributed by atoms with van der Waals surface area (Å²) in [5, 5.41) is 11.2. The molecule has 1 saturated heterocycles. The summed E-state index contributed by atoms with van der Waals surface area (Å²) in [4.78, 5) is 25.6. The third kappa shape index (κ3) is 4.12. The normalized spacial score (nSPS) is 22.2. The summed E-state index contributed by atoms with van der Waals surface area (Å²) in [5.41, 5.74) is 8.83. The molecule has 0 radical (unpaired) electrons. The minimum atomic E-state index is -0.632. The third-order valence-electron chi connectivity index (χ3n) is 5.93. The zero-order valence-electron chi connectivity index (χ0n) is 16.8. The summed E-state index contributed by atoms with van der Waals surface area (Å²) in [6, 6.07) is 4.67. The number of aliphatic hydroxyl groups excluding tert-OH is 1. The maximum absolute atomic E-state index is 12.8. The quantitative estimate of drug-likeness (QED) is 0.744. The number of amides is 1. The van der Waals surface area contributed by atoms with Gasteiger partial charge in [0, 0.05) is 31.7 Å². The van der Waals surface area contributed by atoms with E-state index in [0.29, 0.717) is 49.1 Å². The van der Waals surface area contributed by atoms with Gasteiger partial charge in [-0.2, -0.15) is 0 Å². The number of piperazine rings is 1. The number of benzene rings is 1. The first kappa shape index (κ1) is 21.3. The number of aromatic nitrogens is 2. The van der Waals surface area contributed by atoms with E-state index in [-0.39, 0.29) is 11.8 Å². The highest BCUT2D eigenvalue weighted by atomic mass is 35.5. The Morgan fingerprint density at radius 3 is 2.67 bits per heavy atom. The number of hydrogen-bond acceptors (Lipinski definition) is 6. The van der Waals surface area contributed by atoms with Gasteiger partial charge in [-0.05, 0) is 36.5 Å². The lowest BCUT2D eigenvalue weighted by Gasteiger charge is -2.37. The predicted octanol–water partition coefficient (Wildman–Crippen LogP) is 2.54. The lowest BCUT2D eigenvalue weighted by Crippen LogP contribution is -2.54. The number of rotatable bonds is 4. The van der Waals surface area contributed by atoms with Gasteiger partial charge in [-0.15, -0.1) is 0 Å². The largest absolute Gasteiger partial charge is 0.387 e. The Morgan fingerprint density at radius 2 is 1.97 bits per heavy atom. The van der Waals surface area contributed by atoms with Crippen LogP contribution in [0, 0.1) is 0 Å². The average molecular weight is 450 g/mol.